The SMILES string of the molecule is CC1CCC2(C)C(C1)c1cc(-c3c4ccccc4c(-c4ccccc4)c4ccccc34)ccc1N2c1ccccc1. The molecule has 1 heteroatoms. The normalized spacial score (nSPS) is 21.7. The number of hydrogen-bond donors (Lipinski definition) is 0. The van der Waals surface area contributed by atoms with Gasteiger partial charge in [-0.3, -0.25) is 0 Å². The van der Waals surface area contributed by atoms with Crippen molar-refractivity contribution in [3.63, 3.8) is 0 Å². The van der Waals surface area contributed by atoms with Crippen LogP contribution in [0.3, 0.4) is 0 Å². The maximum Gasteiger partial charge on any atom is 0.0492 e. The second-order valence-electron chi connectivity index (χ2n) is 12.4. The number of para-hydroxylation sites is 1. The van der Waals surface area contributed by atoms with Gasteiger partial charge in [0.15, 0.2) is 0 Å². The van der Waals surface area contributed by atoms with Gasteiger partial charge in [-0.05, 0) is 106 Å². The molecule has 0 saturated heterocycles. The molecule has 8 rings (SSSR count). The summed E-state index contributed by atoms with van der Waals surface area (Å²) in [5.74, 6) is 1.26. The summed E-state index contributed by atoms with van der Waals surface area (Å²) in [4.78, 5) is 2.66. The van der Waals surface area contributed by atoms with E-state index in [1.807, 2.05) is 0 Å². The molecule has 200 valence electrons. The zero-order chi connectivity index (χ0) is 27.6. The topological polar surface area (TPSA) is 3.24 Å². The summed E-state index contributed by atoms with van der Waals surface area (Å²) in [7, 11) is 0. The number of anilines is 2. The molecule has 0 radical (unpaired) electrons. The summed E-state index contributed by atoms with van der Waals surface area (Å²) in [6.07, 6.45) is 3.74. The molecule has 6 aromatic rings. The van der Waals surface area contributed by atoms with Gasteiger partial charge >= 0.3 is 0 Å². The summed E-state index contributed by atoms with van der Waals surface area (Å²) >= 11 is 0. The van der Waals surface area contributed by atoms with E-state index in [1.165, 1.54) is 80.0 Å². The van der Waals surface area contributed by atoms with E-state index in [0.29, 0.717) is 5.92 Å². The Morgan fingerprint density at radius 3 is 1.76 bits per heavy atom. The number of benzene rings is 6. The molecule has 3 unspecified atom stereocenters. The molecule has 41 heavy (non-hydrogen) atoms. The molecule has 0 N–H and O–H groups in total. The van der Waals surface area contributed by atoms with Crippen LogP contribution in [-0.2, 0) is 0 Å². The van der Waals surface area contributed by atoms with E-state index < -0.39 is 0 Å². The van der Waals surface area contributed by atoms with Gasteiger partial charge in [-0.2, -0.15) is 0 Å². The van der Waals surface area contributed by atoms with Gasteiger partial charge in [0.1, 0.15) is 0 Å². The Balaban J connectivity index is 1.40. The third-order valence-electron chi connectivity index (χ3n) is 9.98. The van der Waals surface area contributed by atoms with Crippen molar-refractivity contribution in [3.8, 4) is 22.3 Å². The molecule has 0 amide bonds. The highest BCUT2D eigenvalue weighted by Crippen LogP contribution is 2.59. The van der Waals surface area contributed by atoms with E-state index in [0.717, 1.165) is 5.92 Å². The fraction of sp³-hybridized carbons (Fsp3) is 0.200. The first-order valence-corrected chi connectivity index (χ1v) is 15.1. The molecule has 1 aliphatic carbocycles. The lowest BCUT2D eigenvalue weighted by atomic mass is 9.69. The fourth-order valence-corrected chi connectivity index (χ4v) is 8.05. The Kier molecular flexibility index (Phi) is 5.57. The third kappa shape index (κ3) is 3.68. The quantitative estimate of drug-likeness (QED) is 0.206. The Morgan fingerprint density at radius 1 is 0.610 bits per heavy atom. The summed E-state index contributed by atoms with van der Waals surface area (Å²) in [5, 5.41) is 5.27. The van der Waals surface area contributed by atoms with Crippen LogP contribution in [0.5, 0.6) is 0 Å². The molecule has 2 aliphatic rings. The lowest BCUT2D eigenvalue weighted by Gasteiger charge is -2.45. The van der Waals surface area contributed by atoms with Gasteiger partial charge in [0.2, 0.25) is 0 Å². The second-order valence-corrected chi connectivity index (χ2v) is 12.4. The van der Waals surface area contributed by atoms with Gasteiger partial charge in [0.05, 0.1) is 0 Å². The molecular weight excluding hydrogens is 494 g/mol. The van der Waals surface area contributed by atoms with Gasteiger partial charge in [-0.25, -0.2) is 0 Å². The fourth-order valence-electron chi connectivity index (χ4n) is 8.05. The highest BCUT2D eigenvalue weighted by Gasteiger charge is 2.51. The van der Waals surface area contributed by atoms with Crippen LogP contribution in [-0.4, -0.2) is 5.54 Å². The molecule has 1 nitrogen and oxygen atoms in total. The molecule has 6 aromatic carbocycles. The Labute approximate surface area is 243 Å². The predicted molar refractivity (Wildman–Crippen MR) is 175 cm³/mol. The highest BCUT2D eigenvalue weighted by atomic mass is 15.2. The molecule has 1 aliphatic heterocycles. The molecule has 3 atom stereocenters. The van der Waals surface area contributed by atoms with Crippen molar-refractivity contribution in [1.29, 1.82) is 0 Å². The Morgan fingerprint density at radius 2 is 1.15 bits per heavy atom. The number of hydrogen-bond acceptors (Lipinski definition) is 1. The van der Waals surface area contributed by atoms with Gasteiger partial charge in [0, 0.05) is 22.8 Å². The minimum absolute atomic E-state index is 0.0934. The van der Waals surface area contributed by atoms with Gasteiger partial charge in [-0.15, -0.1) is 0 Å². The first-order chi connectivity index (χ1) is 20.1. The van der Waals surface area contributed by atoms with Crippen molar-refractivity contribution < 1.29 is 0 Å². The molecule has 0 bridgehead atoms. The van der Waals surface area contributed by atoms with E-state index >= 15 is 0 Å². The van der Waals surface area contributed by atoms with Crippen molar-refractivity contribution in [3.05, 3.63) is 133 Å². The van der Waals surface area contributed by atoms with Crippen molar-refractivity contribution in [1.82, 2.24) is 0 Å². The van der Waals surface area contributed by atoms with E-state index in [-0.39, 0.29) is 5.54 Å². The molecule has 1 heterocycles. The predicted octanol–water partition coefficient (Wildman–Crippen LogP) is 11.1. The first-order valence-electron chi connectivity index (χ1n) is 15.1. The van der Waals surface area contributed by atoms with Crippen LogP contribution in [0.2, 0.25) is 0 Å². The monoisotopic (exact) mass is 529 g/mol. The highest BCUT2D eigenvalue weighted by molar-refractivity contribution is 6.21. The average molecular weight is 530 g/mol. The van der Waals surface area contributed by atoms with E-state index in [4.69, 9.17) is 0 Å². The average Bonchev–Trinajstić information content (AvgIpc) is 3.27. The number of rotatable bonds is 3. The maximum absolute atomic E-state index is 2.66. The molecule has 0 spiro atoms. The van der Waals surface area contributed by atoms with E-state index in [2.05, 4.69) is 146 Å². The summed E-state index contributed by atoms with van der Waals surface area (Å²) < 4.78 is 0. The van der Waals surface area contributed by atoms with Crippen LogP contribution < -0.4 is 4.90 Å². The van der Waals surface area contributed by atoms with Crippen molar-refractivity contribution in [2.24, 2.45) is 5.92 Å². The van der Waals surface area contributed by atoms with Crippen LogP contribution in [0.15, 0.2) is 127 Å². The van der Waals surface area contributed by atoms with Gasteiger partial charge in [-0.1, -0.05) is 110 Å². The van der Waals surface area contributed by atoms with Crippen LogP contribution >= 0.6 is 0 Å². The van der Waals surface area contributed by atoms with Crippen molar-refractivity contribution >= 4 is 32.9 Å². The Hall–Kier alpha value is -4.36. The number of nitrogens with zero attached hydrogens (tertiary/aromatic N) is 1. The zero-order valence-corrected chi connectivity index (χ0v) is 23.8. The maximum atomic E-state index is 2.66. The van der Waals surface area contributed by atoms with Crippen molar-refractivity contribution in [2.45, 2.75) is 44.6 Å². The lowest BCUT2D eigenvalue weighted by Crippen LogP contribution is -2.46. The summed E-state index contributed by atoms with van der Waals surface area (Å²) in [6.45, 7) is 4.95. The molecule has 0 aromatic heterocycles. The summed E-state index contributed by atoms with van der Waals surface area (Å²) in [6, 6.07) is 47.3. The standard InChI is InChI=1S/C40H35N/c1-27-23-24-40(2)36(25-27)35-26-29(21-22-37(35)41(40)30-15-7-4-8-16-30)39-33-19-11-9-17-31(33)38(28-13-5-3-6-14-28)32-18-10-12-20-34(32)39/h3-22,26-27,36H,23-25H2,1-2H3. The van der Waals surface area contributed by atoms with E-state index in [1.54, 1.807) is 0 Å². The van der Waals surface area contributed by atoms with Crippen molar-refractivity contribution in [2.75, 3.05) is 4.90 Å². The van der Waals surface area contributed by atoms with Gasteiger partial charge in [0.25, 0.3) is 0 Å². The smallest absolute Gasteiger partial charge is 0.0492 e. The summed E-state index contributed by atoms with van der Waals surface area (Å²) in [5.41, 5.74) is 9.57. The second kappa shape index (κ2) is 9.35. The molecular formula is C40H35N. The van der Waals surface area contributed by atoms with Crippen LogP contribution in [0.25, 0.3) is 43.8 Å². The third-order valence-corrected chi connectivity index (χ3v) is 9.98. The van der Waals surface area contributed by atoms with Crippen LogP contribution in [0.4, 0.5) is 11.4 Å². The lowest BCUT2D eigenvalue weighted by molar-refractivity contribution is 0.237. The largest absolute Gasteiger partial charge is 0.335 e. The van der Waals surface area contributed by atoms with Gasteiger partial charge < -0.3 is 4.90 Å². The first kappa shape index (κ1) is 24.4. The number of fused-ring (bicyclic) bond motifs is 5. The zero-order valence-electron chi connectivity index (χ0n) is 23.8. The van der Waals surface area contributed by atoms with Crippen LogP contribution in [0.1, 0.15) is 44.6 Å². The van der Waals surface area contributed by atoms with Crippen LogP contribution in [0, 0.1) is 5.92 Å². The minimum atomic E-state index is 0.0934. The minimum Gasteiger partial charge on any atom is -0.335 e. The molecule has 1 saturated carbocycles. The van der Waals surface area contributed by atoms with E-state index in [9.17, 15) is 0 Å². The Bertz CT molecular complexity index is 1850. The molecule has 1 fully saturated rings.